The first kappa shape index (κ1) is 14.1. The zero-order valence-electron chi connectivity index (χ0n) is 13.2. The lowest BCUT2D eigenvalue weighted by Gasteiger charge is -2.33. The van der Waals surface area contributed by atoms with Crippen LogP contribution in [0.5, 0.6) is 0 Å². The predicted octanol–water partition coefficient (Wildman–Crippen LogP) is 3.42. The summed E-state index contributed by atoms with van der Waals surface area (Å²) in [6, 6.07) is 9.59. The van der Waals surface area contributed by atoms with E-state index >= 15 is 0 Å². The minimum atomic E-state index is 0.452. The molecule has 20 heavy (non-hydrogen) atoms. The van der Waals surface area contributed by atoms with Crippen molar-refractivity contribution in [3.8, 4) is 0 Å². The smallest absolute Gasteiger partial charge is 0.0240 e. The van der Waals surface area contributed by atoms with Crippen LogP contribution in [0.4, 0.5) is 0 Å². The van der Waals surface area contributed by atoms with Crippen LogP contribution < -0.4 is 5.32 Å². The molecule has 3 rings (SSSR count). The first-order valence-corrected chi connectivity index (χ1v) is 8.12. The molecule has 1 N–H and O–H groups in total. The van der Waals surface area contributed by atoms with Gasteiger partial charge in [0.2, 0.25) is 0 Å². The van der Waals surface area contributed by atoms with Gasteiger partial charge in [-0.1, -0.05) is 45.0 Å². The fourth-order valence-electron chi connectivity index (χ4n) is 4.24. The lowest BCUT2D eigenvalue weighted by Crippen LogP contribution is -2.45. The Bertz CT molecular complexity index is 441. The van der Waals surface area contributed by atoms with E-state index in [2.05, 4.69) is 55.3 Å². The van der Waals surface area contributed by atoms with Crippen molar-refractivity contribution >= 4 is 0 Å². The van der Waals surface area contributed by atoms with E-state index in [1.165, 1.54) is 30.5 Å². The molecule has 1 fully saturated rings. The number of hydrogen-bond acceptors (Lipinski definition) is 2. The highest BCUT2D eigenvalue weighted by atomic mass is 15.1. The van der Waals surface area contributed by atoms with Crippen LogP contribution in [-0.2, 0) is 13.1 Å². The van der Waals surface area contributed by atoms with Crippen molar-refractivity contribution < 1.29 is 0 Å². The summed E-state index contributed by atoms with van der Waals surface area (Å²) in [6.07, 6.45) is 2.73. The summed E-state index contributed by atoms with van der Waals surface area (Å²) in [4.78, 5) is 2.64. The molecule has 1 saturated carbocycles. The molecule has 1 aromatic rings. The van der Waals surface area contributed by atoms with Gasteiger partial charge in [-0.25, -0.2) is 0 Å². The molecule has 2 aliphatic rings. The van der Waals surface area contributed by atoms with E-state index in [1.54, 1.807) is 0 Å². The van der Waals surface area contributed by atoms with Gasteiger partial charge in [-0.05, 0) is 41.8 Å². The van der Waals surface area contributed by atoms with Gasteiger partial charge in [-0.3, -0.25) is 4.90 Å². The van der Waals surface area contributed by atoms with Crippen LogP contribution in [-0.4, -0.2) is 24.0 Å². The average Bonchev–Trinajstić information content (AvgIpc) is 2.94. The van der Waals surface area contributed by atoms with Gasteiger partial charge in [0.15, 0.2) is 0 Å². The standard InChI is InChI=1S/C18H28N2/c1-4-19-17-16(9-10-18(17,2)3)13-20-11-14-7-5-6-8-15(14)12-20/h5-8,16-17,19H,4,9-13H2,1-3H3. The molecule has 2 nitrogen and oxygen atoms in total. The van der Waals surface area contributed by atoms with Crippen molar-refractivity contribution in [3.63, 3.8) is 0 Å². The molecular weight excluding hydrogens is 244 g/mol. The highest BCUT2D eigenvalue weighted by Crippen LogP contribution is 2.42. The molecule has 2 atom stereocenters. The number of hydrogen-bond donors (Lipinski definition) is 1. The van der Waals surface area contributed by atoms with Gasteiger partial charge in [0, 0.05) is 25.7 Å². The van der Waals surface area contributed by atoms with Gasteiger partial charge in [-0.15, -0.1) is 0 Å². The maximum atomic E-state index is 3.75. The zero-order chi connectivity index (χ0) is 14.2. The number of nitrogens with one attached hydrogen (secondary N) is 1. The minimum absolute atomic E-state index is 0.452. The van der Waals surface area contributed by atoms with Gasteiger partial charge in [0.25, 0.3) is 0 Å². The van der Waals surface area contributed by atoms with E-state index in [1.807, 2.05) is 0 Å². The highest BCUT2D eigenvalue weighted by molar-refractivity contribution is 5.30. The number of fused-ring (bicyclic) bond motifs is 1. The molecular formula is C18H28N2. The van der Waals surface area contributed by atoms with Crippen molar-refractivity contribution in [3.05, 3.63) is 35.4 Å². The topological polar surface area (TPSA) is 15.3 Å². The minimum Gasteiger partial charge on any atom is -0.313 e. The van der Waals surface area contributed by atoms with Crippen molar-refractivity contribution in [1.29, 1.82) is 0 Å². The molecule has 2 heteroatoms. The summed E-state index contributed by atoms with van der Waals surface area (Å²) in [5, 5.41) is 3.75. The summed E-state index contributed by atoms with van der Waals surface area (Å²) in [6.45, 7) is 11.7. The normalized spacial score (nSPS) is 28.8. The Kier molecular flexibility index (Phi) is 3.87. The summed E-state index contributed by atoms with van der Waals surface area (Å²) in [5.41, 5.74) is 3.52. The molecule has 1 aliphatic heterocycles. The van der Waals surface area contributed by atoms with E-state index in [0.717, 1.165) is 25.6 Å². The molecule has 1 aromatic carbocycles. The number of rotatable bonds is 4. The monoisotopic (exact) mass is 272 g/mol. The molecule has 0 aromatic heterocycles. The van der Waals surface area contributed by atoms with Crippen LogP contribution in [0.2, 0.25) is 0 Å². The summed E-state index contributed by atoms with van der Waals surface area (Å²) in [5.74, 6) is 0.805. The largest absolute Gasteiger partial charge is 0.313 e. The van der Waals surface area contributed by atoms with Gasteiger partial charge in [0.05, 0.1) is 0 Å². The van der Waals surface area contributed by atoms with Crippen LogP contribution in [0, 0.1) is 11.3 Å². The van der Waals surface area contributed by atoms with E-state index in [9.17, 15) is 0 Å². The summed E-state index contributed by atoms with van der Waals surface area (Å²) >= 11 is 0. The Morgan fingerprint density at radius 1 is 1.20 bits per heavy atom. The SMILES string of the molecule is CCNC1C(CN2Cc3ccccc3C2)CCC1(C)C. The number of nitrogens with zero attached hydrogens (tertiary/aromatic N) is 1. The van der Waals surface area contributed by atoms with Gasteiger partial charge in [0.1, 0.15) is 0 Å². The van der Waals surface area contributed by atoms with Crippen LogP contribution in [0.15, 0.2) is 24.3 Å². The van der Waals surface area contributed by atoms with Gasteiger partial charge < -0.3 is 5.32 Å². The van der Waals surface area contributed by atoms with Crippen molar-refractivity contribution in [1.82, 2.24) is 10.2 Å². The Hall–Kier alpha value is -0.860. The second kappa shape index (κ2) is 5.50. The lowest BCUT2D eigenvalue weighted by molar-refractivity contribution is 0.185. The molecule has 1 aliphatic carbocycles. The molecule has 0 bridgehead atoms. The molecule has 0 amide bonds. The van der Waals surface area contributed by atoms with Crippen LogP contribution >= 0.6 is 0 Å². The van der Waals surface area contributed by atoms with Crippen molar-refractivity contribution in [2.24, 2.45) is 11.3 Å². The second-order valence-electron chi connectivity index (χ2n) is 7.26. The Morgan fingerprint density at radius 2 is 1.85 bits per heavy atom. The highest BCUT2D eigenvalue weighted by Gasteiger charge is 2.42. The molecule has 110 valence electrons. The summed E-state index contributed by atoms with van der Waals surface area (Å²) in [7, 11) is 0. The average molecular weight is 272 g/mol. The van der Waals surface area contributed by atoms with Gasteiger partial charge in [-0.2, -0.15) is 0 Å². The van der Waals surface area contributed by atoms with E-state index < -0.39 is 0 Å². The Morgan fingerprint density at radius 3 is 2.45 bits per heavy atom. The second-order valence-corrected chi connectivity index (χ2v) is 7.26. The van der Waals surface area contributed by atoms with E-state index in [4.69, 9.17) is 0 Å². The third-order valence-electron chi connectivity index (χ3n) is 5.30. The van der Waals surface area contributed by atoms with E-state index in [0.29, 0.717) is 11.5 Å². The van der Waals surface area contributed by atoms with E-state index in [-0.39, 0.29) is 0 Å². The molecule has 0 saturated heterocycles. The maximum Gasteiger partial charge on any atom is 0.0240 e. The van der Waals surface area contributed by atoms with Crippen LogP contribution in [0.25, 0.3) is 0 Å². The Labute approximate surface area is 123 Å². The number of benzene rings is 1. The fourth-order valence-corrected chi connectivity index (χ4v) is 4.24. The molecule has 0 radical (unpaired) electrons. The first-order valence-electron chi connectivity index (χ1n) is 8.12. The molecule has 0 spiro atoms. The van der Waals surface area contributed by atoms with Crippen molar-refractivity contribution in [2.75, 3.05) is 13.1 Å². The third kappa shape index (κ3) is 2.64. The Balaban J connectivity index is 1.64. The molecule has 1 heterocycles. The quantitative estimate of drug-likeness (QED) is 0.903. The van der Waals surface area contributed by atoms with Gasteiger partial charge >= 0.3 is 0 Å². The van der Waals surface area contributed by atoms with Crippen molar-refractivity contribution in [2.45, 2.75) is 52.7 Å². The maximum absolute atomic E-state index is 3.75. The summed E-state index contributed by atoms with van der Waals surface area (Å²) < 4.78 is 0. The van der Waals surface area contributed by atoms with Crippen LogP contribution in [0.1, 0.15) is 44.7 Å². The molecule has 2 unspecified atom stereocenters. The lowest BCUT2D eigenvalue weighted by atomic mass is 9.84. The first-order chi connectivity index (χ1) is 9.60. The third-order valence-corrected chi connectivity index (χ3v) is 5.30. The predicted molar refractivity (Wildman–Crippen MR) is 84.5 cm³/mol. The zero-order valence-corrected chi connectivity index (χ0v) is 13.2. The van der Waals surface area contributed by atoms with Crippen LogP contribution in [0.3, 0.4) is 0 Å². The fraction of sp³-hybridized carbons (Fsp3) is 0.667.